The molecule has 1 rings (SSSR count). The Balaban J connectivity index is 3.20. The molecule has 0 unspecified atom stereocenters. The minimum Gasteiger partial charge on any atom is -0.480 e. The molecule has 16 heavy (non-hydrogen) atoms. The molecule has 1 aromatic rings. The molecule has 8 nitrogen and oxygen atoms in total. The summed E-state index contributed by atoms with van der Waals surface area (Å²) in [5, 5.41) is 27.7. The van der Waals surface area contributed by atoms with Gasteiger partial charge in [-0.3, -0.25) is 24.7 Å². The Morgan fingerprint density at radius 3 is 2.31 bits per heavy atom. The molecule has 0 saturated heterocycles. The lowest BCUT2D eigenvalue weighted by molar-refractivity contribution is -0.385. The van der Waals surface area contributed by atoms with Gasteiger partial charge in [0.25, 0.3) is 5.69 Å². The molecule has 0 amide bonds. The lowest BCUT2D eigenvalue weighted by atomic mass is 10.0. The number of pyridine rings is 1. The van der Waals surface area contributed by atoms with Crippen LogP contribution < -0.4 is 0 Å². The first-order valence-electron chi connectivity index (χ1n) is 3.98. The van der Waals surface area contributed by atoms with E-state index in [0.29, 0.717) is 0 Å². The molecule has 0 aliphatic carbocycles. The average molecular weight is 226 g/mol. The summed E-state index contributed by atoms with van der Waals surface area (Å²) >= 11 is 0. The molecule has 84 valence electrons. The summed E-state index contributed by atoms with van der Waals surface area (Å²) in [7, 11) is 0. The van der Waals surface area contributed by atoms with Crippen molar-refractivity contribution >= 4 is 17.6 Å². The van der Waals surface area contributed by atoms with Crippen molar-refractivity contribution in [2.24, 2.45) is 0 Å². The number of hydrogen-bond acceptors (Lipinski definition) is 5. The first kappa shape index (κ1) is 11.6. The van der Waals surface area contributed by atoms with E-state index >= 15 is 0 Å². The van der Waals surface area contributed by atoms with E-state index in [4.69, 9.17) is 10.2 Å². The predicted molar refractivity (Wildman–Crippen MR) is 48.9 cm³/mol. The van der Waals surface area contributed by atoms with Gasteiger partial charge in [-0.1, -0.05) is 0 Å². The highest BCUT2D eigenvalue weighted by molar-refractivity contribution is 5.99. The summed E-state index contributed by atoms with van der Waals surface area (Å²) in [6.45, 7) is 0. The number of carboxylic acids is 2. The third-order valence-corrected chi connectivity index (χ3v) is 1.78. The van der Waals surface area contributed by atoms with Crippen LogP contribution in [0.2, 0.25) is 0 Å². The van der Waals surface area contributed by atoms with Crippen molar-refractivity contribution < 1.29 is 24.7 Å². The van der Waals surface area contributed by atoms with E-state index in [1.165, 1.54) is 0 Å². The van der Waals surface area contributed by atoms with E-state index in [1.54, 1.807) is 0 Å². The molecule has 0 aromatic carbocycles. The summed E-state index contributed by atoms with van der Waals surface area (Å²) in [4.78, 5) is 34.3. The minimum absolute atomic E-state index is 0.241. The smallest absolute Gasteiger partial charge is 0.322 e. The summed E-state index contributed by atoms with van der Waals surface area (Å²) in [6, 6.07) is 0.875. The predicted octanol–water partition coefficient (Wildman–Crippen LogP) is 0.243. The number of hydrogen-bond donors (Lipinski definition) is 2. The maximum atomic E-state index is 10.6. The van der Waals surface area contributed by atoms with Gasteiger partial charge in [0.2, 0.25) is 0 Å². The Morgan fingerprint density at radius 1 is 1.31 bits per heavy atom. The van der Waals surface area contributed by atoms with Crippen molar-refractivity contribution in [1.82, 2.24) is 4.98 Å². The van der Waals surface area contributed by atoms with E-state index in [-0.39, 0.29) is 5.56 Å². The van der Waals surface area contributed by atoms with E-state index in [1.807, 2.05) is 0 Å². The maximum Gasteiger partial charge on any atom is 0.322 e. The van der Waals surface area contributed by atoms with Crippen LogP contribution in [-0.4, -0.2) is 32.1 Å². The van der Waals surface area contributed by atoms with Crippen LogP contribution >= 0.6 is 0 Å². The number of aliphatic carboxylic acids is 2. The van der Waals surface area contributed by atoms with Crippen LogP contribution in [0.15, 0.2) is 18.5 Å². The quantitative estimate of drug-likeness (QED) is 0.427. The van der Waals surface area contributed by atoms with Crippen molar-refractivity contribution in [1.29, 1.82) is 0 Å². The molecule has 0 atom stereocenters. The van der Waals surface area contributed by atoms with Gasteiger partial charge in [-0.25, -0.2) is 0 Å². The number of rotatable bonds is 4. The SMILES string of the molecule is O=C(O)C(C(=O)O)c1cncc([N+](=O)[O-])c1. The summed E-state index contributed by atoms with van der Waals surface area (Å²) in [6.07, 6.45) is 1.88. The van der Waals surface area contributed by atoms with Crippen molar-refractivity contribution in [2.45, 2.75) is 5.92 Å². The molecular formula is C8H6N2O6. The molecule has 0 fully saturated rings. The molecular weight excluding hydrogens is 220 g/mol. The molecule has 1 heterocycles. The Kier molecular flexibility index (Phi) is 3.14. The molecule has 0 saturated carbocycles. The van der Waals surface area contributed by atoms with Crippen molar-refractivity contribution in [3.63, 3.8) is 0 Å². The number of carboxylic acid groups (broad SMARTS) is 2. The van der Waals surface area contributed by atoms with Crippen LogP contribution in [-0.2, 0) is 9.59 Å². The largest absolute Gasteiger partial charge is 0.480 e. The van der Waals surface area contributed by atoms with Gasteiger partial charge in [0.05, 0.1) is 4.92 Å². The van der Waals surface area contributed by atoms with Crippen molar-refractivity contribution in [2.75, 3.05) is 0 Å². The molecule has 0 bridgehead atoms. The van der Waals surface area contributed by atoms with Crippen LogP contribution in [0, 0.1) is 10.1 Å². The van der Waals surface area contributed by atoms with Gasteiger partial charge in [0, 0.05) is 17.8 Å². The van der Waals surface area contributed by atoms with Crippen LogP contribution in [0.1, 0.15) is 11.5 Å². The zero-order valence-electron chi connectivity index (χ0n) is 7.73. The fourth-order valence-electron chi connectivity index (χ4n) is 1.09. The topological polar surface area (TPSA) is 131 Å². The van der Waals surface area contributed by atoms with Gasteiger partial charge in [0.15, 0.2) is 5.92 Å². The highest BCUT2D eigenvalue weighted by Crippen LogP contribution is 2.20. The molecule has 0 aliphatic rings. The monoisotopic (exact) mass is 226 g/mol. The second kappa shape index (κ2) is 4.34. The fraction of sp³-hybridized carbons (Fsp3) is 0.125. The molecule has 0 radical (unpaired) electrons. The fourth-order valence-corrected chi connectivity index (χ4v) is 1.09. The van der Waals surface area contributed by atoms with Crippen LogP contribution in [0.4, 0.5) is 5.69 Å². The standard InChI is InChI=1S/C8H6N2O6/c11-7(12)6(8(13)14)4-1-5(10(15)16)3-9-2-4/h1-3,6H,(H,11,12)(H,13,14). The minimum atomic E-state index is -1.85. The Morgan fingerprint density at radius 2 is 1.88 bits per heavy atom. The lowest BCUT2D eigenvalue weighted by Crippen LogP contribution is -2.21. The van der Waals surface area contributed by atoms with Gasteiger partial charge >= 0.3 is 11.9 Å². The molecule has 8 heteroatoms. The van der Waals surface area contributed by atoms with Crippen LogP contribution in [0.5, 0.6) is 0 Å². The van der Waals surface area contributed by atoms with Crippen molar-refractivity contribution in [3.8, 4) is 0 Å². The Labute approximate surface area is 88.3 Å². The number of carbonyl (C=O) groups is 2. The third kappa shape index (κ3) is 2.29. The Bertz CT molecular complexity index is 444. The van der Waals surface area contributed by atoms with E-state index in [2.05, 4.69) is 4.98 Å². The first-order chi connectivity index (χ1) is 7.43. The zero-order chi connectivity index (χ0) is 12.3. The number of nitro groups is 1. The molecule has 0 spiro atoms. The van der Waals surface area contributed by atoms with Gasteiger partial charge in [-0.2, -0.15) is 0 Å². The third-order valence-electron chi connectivity index (χ3n) is 1.78. The summed E-state index contributed by atoms with van der Waals surface area (Å²) in [5.41, 5.74) is -0.695. The number of nitrogens with zero attached hydrogens (tertiary/aromatic N) is 2. The molecule has 2 N–H and O–H groups in total. The van der Waals surface area contributed by atoms with E-state index in [9.17, 15) is 19.7 Å². The number of aromatic nitrogens is 1. The maximum absolute atomic E-state index is 10.6. The average Bonchev–Trinajstić information content (AvgIpc) is 2.16. The summed E-state index contributed by atoms with van der Waals surface area (Å²) < 4.78 is 0. The van der Waals surface area contributed by atoms with Crippen LogP contribution in [0.25, 0.3) is 0 Å². The van der Waals surface area contributed by atoms with Gasteiger partial charge in [0.1, 0.15) is 6.20 Å². The lowest BCUT2D eigenvalue weighted by Gasteiger charge is -2.06. The highest BCUT2D eigenvalue weighted by Gasteiger charge is 2.29. The van der Waals surface area contributed by atoms with Gasteiger partial charge < -0.3 is 10.2 Å². The van der Waals surface area contributed by atoms with E-state index in [0.717, 1.165) is 18.5 Å². The molecule has 0 aliphatic heterocycles. The second-order valence-corrected chi connectivity index (χ2v) is 2.84. The van der Waals surface area contributed by atoms with Crippen molar-refractivity contribution in [3.05, 3.63) is 34.1 Å². The second-order valence-electron chi connectivity index (χ2n) is 2.84. The zero-order valence-corrected chi connectivity index (χ0v) is 7.73. The highest BCUT2D eigenvalue weighted by atomic mass is 16.6. The first-order valence-corrected chi connectivity index (χ1v) is 3.98. The molecule has 1 aromatic heterocycles. The Hall–Kier alpha value is -2.51. The van der Waals surface area contributed by atoms with Crippen LogP contribution in [0.3, 0.4) is 0 Å². The van der Waals surface area contributed by atoms with E-state index < -0.39 is 28.5 Å². The van der Waals surface area contributed by atoms with Gasteiger partial charge in [-0.05, 0) is 0 Å². The normalized spacial score (nSPS) is 10.1. The summed E-state index contributed by atoms with van der Waals surface area (Å²) in [5.74, 6) is -5.06. The van der Waals surface area contributed by atoms with Gasteiger partial charge in [-0.15, -0.1) is 0 Å².